The first-order valence-corrected chi connectivity index (χ1v) is 4.47. The molecule has 0 aliphatic heterocycles. The minimum absolute atomic E-state index is 0.0289. The molecule has 0 saturated heterocycles. The van der Waals surface area contributed by atoms with E-state index in [4.69, 9.17) is 5.11 Å². The summed E-state index contributed by atoms with van der Waals surface area (Å²) in [6.07, 6.45) is -2.53. The summed E-state index contributed by atoms with van der Waals surface area (Å²) in [4.78, 5) is 10.7. The summed E-state index contributed by atoms with van der Waals surface area (Å²) >= 11 is 0. The first kappa shape index (κ1) is 11.6. The first-order chi connectivity index (χ1) is 6.85. The Kier molecular flexibility index (Phi) is 3.07. The van der Waals surface area contributed by atoms with Gasteiger partial charge in [0.2, 0.25) is 6.43 Å². The molecular weight excluding hydrogens is 202 g/mol. The van der Waals surface area contributed by atoms with Crippen LogP contribution in [0.2, 0.25) is 0 Å². The molecule has 15 heavy (non-hydrogen) atoms. The van der Waals surface area contributed by atoms with Crippen molar-refractivity contribution in [2.24, 2.45) is 0 Å². The van der Waals surface area contributed by atoms with E-state index in [9.17, 15) is 13.6 Å². The van der Waals surface area contributed by atoms with Crippen LogP contribution in [-0.4, -0.2) is 17.5 Å². The summed E-state index contributed by atoms with van der Waals surface area (Å²) in [5.74, 6) is -1.11. The van der Waals surface area contributed by atoms with E-state index in [0.29, 0.717) is 5.56 Å². The third kappa shape index (κ3) is 2.32. The highest BCUT2D eigenvalue weighted by molar-refractivity contribution is 5.87. The Hall–Kier alpha value is -1.45. The van der Waals surface area contributed by atoms with E-state index in [0.717, 1.165) is 0 Å². The number of hydrogen-bond acceptors (Lipinski definition) is 1. The van der Waals surface area contributed by atoms with E-state index in [2.05, 4.69) is 0 Å². The summed E-state index contributed by atoms with van der Waals surface area (Å²) in [7, 11) is 0. The van der Waals surface area contributed by atoms with Gasteiger partial charge >= 0.3 is 5.97 Å². The van der Waals surface area contributed by atoms with Crippen LogP contribution in [-0.2, 0) is 5.41 Å². The number of carbonyl (C=O) groups is 1. The lowest BCUT2D eigenvalue weighted by Crippen LogP contribution is -2.27. The molecule has 0 bridgehead atoms. The van der Waals surface area contributed by atoms with Crippen molar-refractivity contribution in [2.75, 3.05) is 0 Å². The maximum Gasteiger partial charge on any atom is 0.335 e. The Morgan fingerprint density at radius 2 is 2.00 bits per heavy atom. The van der Waals surface area contributed by atoms with Gasteiger partial charge in [-0.15, -0.1) is 0 Å². The van der Waals surface area contributed by atoms with Crippen molar-refractivity contribution in [3.05, 3.63) is 35.4 Å². The van der Waals surface area contributed by atoms with Crippen LogP contribution in [0.5, 0.6) is 0 Å². The monoisotopic (exact) mass is 214 g/mol. The molecule has 0 aliphatic carbocycles. The maximum absolute atomic E-state index is 12.7. The Bertz CT molecular complexity index is 373. The third-order valence-electron chi connectivity index (χ3n) is 2.40. The molecule has 0 fully saturated rings. The van der Waals surface area contributed by atoms with Gasteiger partial charge in [0.15, 0.2) is 0 Å². The number of hydrogen-bond donors (Lipinski definition) is 1. The van der Waals surface area contributed by atoms with Crippen molar-refractivity contribution in [2.45, 2.75) is 25.7 Å². The number of aromatic carboxylic acids is 1. The van der Waals surface area contributed by atoms with E-state index >= 15 is 0 Å². The van der Waals surface area contributed by atoms with Crippen LogP contribution < -0.4 is 0 Å². The van der Waals surface area contributed by atoms with Crippen LogP contribution >= 0.6 is 0 Å². The Labute approximate surface area is 86.5 Å². The molecule has 0 atom stereocenters. The zero-order valence-electron chi connectivity index (χ0n) is 8.50. The van der Waals surface area contributed by atoms with Gasteiger partial charge in [0.25, 0.3) is 0 Å². The van der Waals surface area contributed by atoms with Gasteiger partial charge in [0.05, 0.1) is 11.0 Å². The molecule has 0 amide bonds. The molecule has 0 unspecified atom stereocenters. The van der Waals surface area contributed by atoms with E-state index in [1.54, 1.807) is 0 Å². The van der Waals surface area contributed by atoms with Crippen LogP contribution in [0.15, 0.2) is 24.3 Å². The topological polar surface area (TPSA) is 37.3 Å². The minimum atomic E-state index is -2.53. The predicted octanol–water partition coefficient (Wildman–Crippen LogP) is 2.93. The van der Waals surface area contributed by atoms with Gasteiger partial charge in [-0.25, -0.2) is 13.6 Å². The predicted molar refractivity (Wildman–Crippen MR) is 52.4 cm³/mol. The highest BCUT2D eigenvalue weighted by Gasteiger charge is 2.31. The van der Waals surface area contributed by atoms with Gasteiger partial charge in [-0.3, -0.25) is 0 Å². The smallest absolute Gasteiger partial charge is 0.335 e. The summed E-state index contributed by atoms with van der Waals surface area (Å²) in [5.41, 5.74) is -0.968. The van der Waals surface area contributed by atoms with E-state index in [1.165, 1.54) is 38.1 Å². The zero-order valence-corrected chi connectivity index (χ0v) is 8.50. The average molecular weight is 214 g/mol. The van der Waals surface area contributed by atoms with Gasteiger partial charge in [-0.2, -0.15) is 0 Å². The minimum Gasteiger partial charge on any atom is -0.478 e. The van der Waals surface area contributed by atoms with Crippen LogP contribution in [0.4, 0.5) is 8.78 Å². The molecule has 1 aromatic rings. The van der Waals surface area contributed by atoms with Gasteiger partial charge < -0.3 is 5.11 Å². The zero-order chi connectivity index (χ0) is 11.6. The first-order valence-electron chi connectivity index (χ1n) is 4.47. The van der Waals surface area contributed by atoms with Crippen molar-refractivity contribution in [1.29, 1.82) is 0 Å². The van der Waals surface area contributed by atoms with E-state index < -0.39 is 17.8 Å². The summed E-state index contributed by atoms with van der Waals surface area (Å²) in [6, 6.07) is 5.66. The molecule has 0 spiro atoms. The van der Waals surface area contributed by atoms with Crippen molar-refractivity contribution >= 4 is 5.97 Å². The second-order valence-corrected chi connectivity index (χ2v) is 3.91. The summed E-state index contributed by atoms with van der Waals surface area (Å²) in [6.45, 7) is 2.78. The quantitative estimate of drug-likeness (QED) is 0.839. The Morgan fingerprint density at radius 1 is 1.40 bits per heavy atom. The molecule has 4 heteroatoms. The maximum atomic E-state index is 12.7. The number of benzene rings is 1. The van der Waals surface area contributed by atoms with Crippen LogP contribution in [0.3, 0.4) is 0 Å². The molecule has 1 N–H and O–H groups in total. The van der Waals surface area contributed by atoms with E-state index in [1.807, 2.05) is 0 Å². The van der Waals surface area contributed by atoms with Crippen molar-refractivity contribution in [3.8, 4) is 0 Å². The fourth-order valence-electron chi connectivity index (χ4n) is 1.18. The van der Waals surface area contributed by atoms with E-state index in [-0.39, 0.29) is 5.56 Å². The Balaban J connectivity index is 3.16. The number of halogens is 2. The average Bonchev–Trinajstić information content (AvgIpc) is 2.17. The SMILES string of the molecule is CC(C)(c1cccc(C(=O)O)c1)C(F)F. The molecular formula is C11H12F2O2. The molecule has 1 rings (SSSR count). The fraction of sp³-hybridized carbons (Fsp3) is 0.364. The lowest BCUT2D eigenvalue weighted by Gasteiger charge is -2.24. The molecule has 82 valence electrons. The fourth-order valence-corrected chi connectivity index (χ4v) is 1.18. The lowest BCUT2D eigenvalue weighted by molar-refractivity contribution is 0.0672. The van der Waals surface area contributed by atoms with Crippen molar-refractivity contribution < 1.29 is 18.7 Å². The third-order valence-corrected chi connectivity index (χ3v) is 2.40. The van der Waals surface area contributed by atoms with Crippen LogP contribution in [0.25, 0.3) is 0 Å². The van der Waals surface area contributed by atoms with Crippen LogP contribution in [0.1, 0.15) is 29.8 Å². The van der Waals surface area contributed by atoms with Crippen molar-refractivity contribution in [1.82, 2.24) is 0 Å². The Morgan fingerprint density at radius 3 is 2.47 bits per heavy atom. The molecule has 0 radical (unpaired) electrons. The van der Waals surface area contributed by atoms with Gasteiger partial charge in [-0.05, 0) is 17.7 Å². The molecule has 0 aliphatic rings. The summed E-state index contributed by atoms with van der Waals surface area (Å²) in [5, 5.41) is 8.73. The molecule has 1 aromatic carbocycles. The molecule has 0 aromatic heterocycles. The van der Waals surface area contributed by atoms with Crippen molar-refractivity contribution in [3.63, 3.8) is 0 Å². The number of carboxylic acids is 1. The molecule has 0 saturated carbocycles. The standard InChI is InChI=1S/C11H12F2O2/c1-11(2,10(12)13)8-5-3-4-7(6-8)9(14)15/h3-6,10H,1-2H3,(H,14,15). The van der Waals surface area contributed by atoms with Crippen LogP contribution in [0, 0.1) is 0 Å². The second kappa shape index (κ2) is 3.96. The lowest BCUT2D eigenvalue weighted by atomic mass is 9.84. The second-order valence-electron chi connectivity index (χ2n) is 3.91. The van der Waals surface area contributed by atoms with Gasteiger partial charge in [0.1, 0.15) is 0 Å². The number of carboxylic acid groups (broad SMARTS) is 1. The molecule has 0 heterocycles. The largest absolute Gasteiger partial charge is 0.478 e. The number of alkyl halides is 2. The highest BCUT2D eigenvalue weighted by atomic mass is 19.3. The normalized spacial score (nSPS) is 11.8. The van der Waals surface area contributed by atoms with Gasteiger partial charge in [0, 0.05) is 0 Å². The van der Waals surface area contributed by atoms with Gasteiger partial charge in [-0.1, -0.05) is 26.0 Å². The summed E-state index contributed by atoms with van der Waals surface area (Å²) < 4.78 is 25.4. The number of rotatable bonds is 3. The molecule has 2 nitrogen and oxygen atoms in total. The highest BCUT2D eigenvalue weighted by Crippen LogP contribution is 2.30.